The molecule has 1 saturated heterocycles. The zero-order valence-corrected chi connectivity index (χ0v) is 12.4. The van der Waals surface area contributed by atoms with E-state index in [1.54, 1.807) is 24.3 Å². The van der Waals surface area contributed by atoms with Gasteiger partial charge in [-0.3, -0.25) is 14.4 Å². The second-order valence-electron chi connectivity index (χ2n) is 4.74. The summed E-state index contributed by atoms with van der Waals surface area (Å²) in [7, 11) is 1.44. The zero-order valence-electron chi connectivity index (χ0n) is 11.6. The fraction of sp³-hybridized carbons (Fsp3) is 0.357. The van der Waals surface area contributed by atoms with E-state index in [1.165, 1.54) is 23.7 Å². The number of nitrogens with zero attached hydrogens (tertiary/aromatic N) is 2. The largest absolute Gasteiger partial charge is 0.480 e. The van der Waals surface area contributed by atoms with Crippen molar-refractivity contribution in [3.05, 3.63) is 35.9 Å². The number of benzene rings is 1. The molecule has 7 heteroatoms. The van der Waals surface area contributed by atoms with Crippen LogP contribution in [0.15, 0.2) is 30.3 Å². The van der Waals surface area contributed by atoms with E-state index >= 15 is 0 Å². The van der Waals surface area contributed by atoms with Crippen LogP contribution in [0.1, 0.15) is 10.4 Å². The monoisotopic (exact) mass is 308 g/mol. The number of carbonyl (C=O) groups is 3. The van der Waals surface area contributed by atoms with E-state index in [0.717, 1.165) is 4.90 Å². The Balaban J connectivity index is 2.11. The third-order valence-corrected chi connectivity index (χ3v) is 4.21. The molecule has 2 amide bonds. The molecule has 0 saturated carbocycles. The highest BCUT2D eigenvalue weighted by molar-refractivity contribution is 7.99. The smallest absolute Gasteiger partial charge is 0.323 e. The molecule has 0 aromatic heterocycles. The lowest BCUT2D eigenvalue weighted by atomic mass is 10.1. The topological polar surface area (TPSA) is 77.9 Å². The van der Waals surface area contributed by atoms with Gasteiger partial charge in [0.05, 0.1) is 5.88 Å². The standard InChI is InChI=1S/C14H16N2O4S/c1-15(7-12(17)18)14(20)11-8-21-9-16(11)13(19)10-5-3-2-4-6-10/h2-6,11H,7-9H2,1H3,(H,17,18). The lowest BCUT2D eigenvalue weighted by Crippen LogP contribution is -2.48. The number of likely N-dealkylation sites (N-methyl/N-ethyl adjacent to an activating group) is 1. The number of amides is 2. The van der Waals surface area contributed by atoms with Gasteiger partial charge >= 0.3 is 5.97 Å². The summed E-state index contributed by atoms with van der Waals surface area (Å²) < 4.78 is 0. The molecule has 1 N–H and O–H groups in total. The van der Waals surface area contributed by atoms with Crippen LogP contribution >= 0.6 is 11.8 Å². The molecule has 1 aromatic carbocycles. The first kappa shape index (κ1) is 15.4. The predicted molar refractivity (Wildman–Crippen MR) is 79.0 cm³/mol. The average Bonchev–Trinajstić information content (AvgIpc) is 2.95. The van der Waals surface area contributed by atoms with Gasteiger partial charge in [-0.1, -0.05) is 18.2 Å². The fourth-order valence-electron chi connectivity index (χ4n) is 2.13. The van der Waals surface area contributed by atoms with Gasteiger partial charge in [-0.05, 0) is 12.1 Å². The van der Waals surface area contributed by atoms with Gasteiger partial charge in [0.15, 0.2) is 0 Å². The minimum Gasteiger partial charge on any atom is -0.480 e. The van der Waals surface area contributed by atoms with Gasteiger partial charge in [0.1, 0.15) is 12.6 Å². The van der Waals surface area contributed by atoms with Crippen molar-refractivity contribution in [3.63, 3.8) is 0 Å². The van der Waals surface area contributed by atoms with Crippen LogP contribution in [-0.4, -0.2) is 64.0 Å². The predicted octanol–water partition coefficient (Wildman–Crippen LogP) is 0.745. The number of hydrogen-bond acceptors (Lipinski definition) is 4. The van der Waals surface area contributed by atoms with E-state index in [9.17, 15) is 14.4 Å². The summed E-state index contributed by atoms with van der Waals surface area (Å²) in [5, 5.41) is 8.75. The summed E-state index contributed by atoms with van der Waals surface area (Å²) >= 11 is 1.49. The van der Waals surface area contributed by atoms with Crippen molar-refractivity contribution in [1.82, 2.24) is 9.80 Å². The average molecular weight is 308 g/mol. The normalized spacial score (nSPS) is 17.6. The van der Waals surface area contributed by atoms with Crippen LogP contribution in [0.2, 0.25) is 0 Å². The maximum atomic E-state index is 12.4. The van der Waals surface area contributed by atoms with Crippen LogP contribution in [0.3, 0.4) is 0 Å². The molecule has 1 heterocycles. The Kier molecular flexibility index (Phi) is 4.85. The molecule has 1 aliphatic heterocycles. The van der Waals surface area contributed by atoms with Gasteiger partial charge < -0.3 is 14.9 Å². The Morgan fingerprint density at radius 1 is 1.33 bits per heavy atom. The van der Waals surface area contributed by atoms with Gasteiger partial charge in [0.2, 0.25) is 5.91 Å². The van der Waals surface area contributed by atoms with Crippen LogP contribution in [0.5, 0.6) is 0 Å². The Morgan fingerprint density at radius 2 is 2.00 bits per heavy atom. The van der Waals surface area contributed by atoms with Crippen molar-refractivity contribution < 1.29 is 19.5 Å². The molecule has 2 rings (SSSR count). The lowest BCUT2D eigenvalue weighted by molar-refractivity contribution is -0.144. The number of hydrogen-bond donors (Lipinski definition) is 1. The number of rotatable bonds is 4. The molecule has 1 aliphatic rings. The van der Waals surface area contributed by atoms with Gasteiger partial charge in [-0.15, -0.1) is 11.8 Å². The van der Waals surface area contributed by atoms with Crippen molar-refractivity contribution in [3.8, 4) is 0 Å². The quantitative estimate of drug-likeness (QED) is 0.888. The van der Waals surface area contributed by atoms with E-state index < -0.39 is 12.0 Å². The molecule has 1 atom stereocenters. The van der Waals surface area contributed by atoms with E-state index in [0.29, 0.717) is 17.2 Å². The summed E-state index contributed by atoms with van der Waals surface area (Å²) in [5.74, 6) is -0.696. The number of aliphatic carboxylic acids is 1. The summed E-state index contributed by atoms with van der Waals surface area (Å²) in [4.78, 5) is 38.0. The van der Waals surface area contributed by atoms with Crippen molar-refractivity contribution in [2.45, 2.75) is 6.04 Å². The van der Waals surface area contributed by atoms with E-state index in [-0.39, 0.29) is 18.4 Å². The lowest BCUT2D eigenvalue weighted by Gasteiger charge is -2.26. The molecule has 0 radical (unpaired) electrons. The number of carboxylic acid groups (broad SMARTS) is 1. The Labute approximate surface area is 126 Å². The molecule has 1 aromatic rings. The van der Waals surface area contributed by atoms with Crippen LogP contribution in [0.25, 0.3) is 0 Å². The van der Waals surface area contributed by atoms with Crippen molar-refractivity contribution in [1.29, 1.82) is 0 Å². The third-order valence-electron chi connectivity index (χ3n) is 3.20. The Hall–Kier alpha value is -2.02. The highest BCUT2D eigenvalue weighted by Gasteiger charge is 2.36. The summed E-state index contributed by atoms with van der Waals surface area (Å²) in [6.07, 6.45) is 0. The maximum Gasteiger partial charge on any atom is 0.323 e. The number of thioether (sulfide) groups is 1. The number of carbonyl (C=O) groups excluding carboxylic acids is 2. The van der Waals surface area contributed by atoms with Crippen molar-refractivity contribution >= 4 is 29.5 Å². The molecular weight excluding hydrogens is 292 g/mol. The minimum absolute atomic E-state index is 0.206. The first-order valence-electron chi connectivity index (χ1n) is 6.41. The van der Waals surface area contributed by atoms with Crippen LogP contribution in [0, 0.1) is 0 Å². The molecule has 6 nitrogen and oxygen atoms in total. The highest BCUT2D eigenvalue weighted by atomic mass is 32.2. The molecule has 0 bridgehead atoms. The molecule has 0 aliphatic carbocycles. The maximum absolute atomic E-state index is 12.4. The molecule has 0 spiro atoms. The van der Waals surface area contributed by atoms with E-state index in [2.05, 4.69) is 0 Å². The molecule has 1 unspecified atom stereocenters. The van der Waals surface area contributed by atoms with Crippen LogP contribution in [-0.2, 0) is 9.59 Å². The minimum atomic E-state index is -1.07. The first-order valence-corrected chi connectivity index (χ1v) is 7.56. The molecular formula is C14H16N2O4S. The Bertz CT molecular complexity index is 549. The van der Waals surface area contributed by atoms with Gasteiger partial charge in [0, 0.05) is 18.4 Å². The number of carboxylic acids is 1. The molecule has 21 heavy (non-hydrogen) atoms. The van der Waals surface area contributed by atoms with Gasteiger partial charge in [-0.2, -0.15) is 0 Å². The van der Waals surface area contributed by atoms with Crippen molar-refractivity contribution in [2.75, 3.05) is 25.2 Å². The molecule has 112 valence electrons. The highest BCUT2D eigenvalue weighted by Crippen LogP contribution is 2.24. The SMILES string of the molecule is CN(CC(=O)O)C(=O)C1CSCN1C(=O)c1ccccc1. The second-order valence-corrected chi connectivity index (χ2v) is 5.74. The third kappa shape index (κ3) is 3.55. The first-order chi connectivity index (χ1) is 10.0. The van der Waals surface area contributed by atoms with Gasteiger partial charge in [-0.25, -0.2) is 0 Å². The van der Waals surface area contributed by atoms with Crippen LogP contribution < -0.4 is 0 Å². The van der Waals surface area contributed by atoms with Gasteiger partial charge in [0.25, 0.3) is 5.91 Å². The molecule has 1 fully saturated rings. The summed E-state index contributed by atoms with van der Waals surface area (Å²) in [5.41, 5.74) is 0.527. The fourth-order valence-corrected chi connectivity index (χ4v) is 3.27. The van der Waals surface area contributed by atoms with E-state index in [1.807, 2.05) is 6.07 Å². The van der Waals surface area contributed by atoms with E-state index in [4.69, 9.17) is 5.11 Å². The van der Waals surface area contributed by atoms with Crippen LogP contribution in [0.4, 0.5) is 0 Å². The Morgan fingerprint density at radius 3 is 2.62 bits per heavy atom. The second kappa shape index (κ2) is 6.62. The summed E-state index contributed by atoms with van der Waals surface area (Å²) in [6, 6.07) is 8.15. The van der Waals surface area contributed by atoms with Crippen molar-refractivity contribution in [2.24, 2.45) is 0 Å². The summed E-state index contributed by atoms with van der Waals surface area (Å²) in [6.45, 7) is -0.368. The zero-order chi connectivity index (χ0) is 15.4.